The number of carbonyl (C=O) groups excluding carboxylic acids is 2. The summed E-state index contributed by atoms with van der Waals surface area (Å²) in [6.45, 7) is 5.48. The van der Waals surface area contributed by atoms with Crippen LogP contribution < -0.4 is 5.32 Å². The van der Waals surface area contributed by atoms with Crippen LogP contribution in [0.4, 0.5) is 0 Å². The van der Waals surface area contributed by atoms with Crippen molar-refractivity contribution >= 4 is 11.8 Å². The molecule has 2 heterocycles. The van der Waals surface area contributed by atoms with Crippen LogP contribution in [0.15, 0.2) is 36.4 Å². The molecule has 0 radical (unpaired) electrons. The van der Waals surface area contributed by atoms with Crippen LogP contribution in [0.25, 0.3) is 11.3 Å². The minimum Gasteiger partial charge on any atom is -0.396 e. The number of likely N-dealkylation sites (tertiary alicyclic amines) is 1. The number of carbonyl (C=O) groups is 2. The third-order valence-electron chi connectivity index (χ3n) is 5.39. The van der Waals surface area contributed by atoms with Crippen molar-refractivity contribution in [2.75, 3.05) is 19.7 Å². The zero-order valence-electron chi connectivity index (χ0n) is 17.1. The lowest BCUT2D eigenvalue weighted by atomic mass is 9.96. The molecule has 1 aromatic heterocycles. The summed E-state index contributed by atoms with van der Waals surface area (Å²) in [7, 11) is 0. The predicted octanol–water partition coefficient (Wildman–Crippen LogP) is 2.45. The van der Waals surface area contributed by atoms with E-state index in [2.05, 4.69) is 15.5 Å². The van der Waals surface area contributed by atoms with Crippen LogP contribution >= 0.6 is 0 Å². The van der Waals surface area contributed by atoms with Gasteiger partial charge in [0.05, 0.1) is 5.69 Å². The van der Waals surface area contributed by atoms with E-state index >= 15 is 0 Å². The van der Waals surface area contributed by atoms with Crippen molar-refractivity contribution in [1.29, 1.82) is 0 Å². The molecule has 1 aliphatic heterocycles. The highest BCUT2D eigenvalue weighted by atomic mass is 16.3. The predicted molar refractivity (Wildman–Crippen MR) is 111 cm³/mol. The number of piperidine rings is 1. The Bertz CT molecular complexity index is 810. The molecule has 0 spiro atoms. The number of aliphatic hydroxyl groups is 1. The summed E-state index contributed by atoms with van der Waals surface area (Å²) in [5, 5.41) is 19.2. The minimum absolute atomic E-state index is 0.0498. The van der Waals surface area contributed by atoms with Gasteiger partial charge >= 0.3 is 0 Å². The number of hydrogen-bond donors (Lipinski definition) is 3. The van der Waals surface area contributed by atoms with Gasteiger partial charge in [0.15, 0.2) is 0 Å². The number of nitrogens with zero attached hydrogens (tertiary/aromatic N) is 2. The average molecular weight is 399 g/mol. The quantitative estimate of drug-likeness (QED) is 0.667. The zero-order valence-corrected chi connectivity index (χ0v) is 17.1. The summed E-state index contributed by atoms with van der Waals surface area (Å²) in [5.41, 5.74) is 1.95. The molecule has 7 heteroatoms. The molecule has 3 rings (SSSR count). The number of H-pyrrole nitrogens is 1. The molecular formula is C22H30N4O3. The van der Waals surface area contributed by atoms with Gasteiger partial charge in [-0.2, -0.15) is 5.10 Å². The number of rotatable bonds is 7. The Balaban J connectivity index is 1.67. The molecular weight excluding hydrogens is 368 g/mol. The number of aromatic amines is 1. The van der Waals surface area contributed by atoms with Crippen molar-refractivity contribution in [3.8, 4) is 11.3 Å². The van der Waals surface area contributed by atoms with Gasteiger partial charge in [0.1, 0.15) is 11.7 Å². The lowest BCUT2D eigenvalue weighted by molar-refractivity contribution is -0.135. The van der Waals surface area contributed by atoms with Crippen molar-refractivity contribution in [3.05, 3.63) is 42.1 Å². The van der Waals surface area contributed by atoms with E-state index in [4.69, 9.17) is 0 Å². The maximum atomic E-state index is 13.0. The van der Waals surface area contributed by atoms with Crippen LogP contribution in [-0.4, -0.2) is 57.8 Å². The number of aromatic nitrogens is 2. The molecule has 0 saturated carbocycles. The highest BCUT2D eigenvalue weighted by molar-refractivity contribution is 5.96. The molecule has 1 saturated heterocycles. The monoisotopic (exact) mass is 398 g/mol. The van der Waals surface area contributed by atoms with Crippen molar-refractivity contribution in [2.45, 2.75) is 39.2 Å². The van der Waals surface area contributed by atoms with Gasteiger partial charge in [-0.3, -0.25) is 14.7 Å². The highest BCUT2D eigenvalue weighted by Gasteiger charge is 2.30. The number of nitrogens with one attached hydrogen (secondary N) is 2. The Kier molecular flexibility index (Phi) is 7.04. The second-order valence-corrected chi connectivity index (χ2v) is 8.14. The highest BCUT2D eigenvalue weighted by Crippen LogP contribution is 2.20. The van der Waals surface area contributed by atoms with Gasteiger partial charge in [0.25, 0.3) is 5.91 Å². The van der Waals surface area contributed by atoms with E-state index < -0.39 is 6.04 Å². The average Bonchev–Trinajstić information content (AvgIpc) is 3.23. The summed E-state index contributed by atoms with van der Waals surface area (Å²) >= 11 is 0. The molecule has 1 fully saturated rings. The first-order valence-electron chi connectivity index (χ1n) is 10.3. The Morgan fingerprint density at radius 3 is 2.55 bits per heavy atom. The maximum absolute atomic E-state index is 13.0. The molecule has 0 bridgehead atoms. The fourth-order valence-electron chi connectivity index (χ4n) is 3.68. The Hall–Kier alpha value is -2.67. The summed E-state index contributed by atoms with van der Waals surface area (Å²) < 4.78 is 0. The van der Waals surface area contributed by atoms with E-state index in [1.54, 1.807) is 6.07 Å². The van der Waals surface area contributed by atoms with E-state index in [-0.39, 0.29) is 30.3 Å². The number of amides is 2. The normalized spacial score (nSPS) is 16.1. The molecule has 7 nitrogen and oxygen atoms in total. The van der Waals surface area contributed by atoms with Gasteiger partial charge in [0, 0.05) is 25.3 Å². The Morgan fingerprint density at radius 2 is 1.93 bits per heavy atom. The summed E-state index contributed by atoms with van der Waals surface area (Å²) in [6.07, 6.45) is 2.17. The first kappa shape index (κ1) is 21.0. The van der Waals surface area contributed by atoms with Crippen LogP contribution in [0.3, 0.4) is 0 Å². The topological polar surface area (TPSA) is 98.3 Å². The van der Waals surface area contributed by atoms with E-state index in [9.17, 15) is 14.7 Å². The molecule has 29 heavy (non-hydrogen) atoms. The van der Waals surface area contributed by atoms with Crippen LogP contribution in [0.2, 0.25) is 0 Å². The summed E-state index contributed by atoms with van der Waals surface area (Å²) in [5.74, 6) is 0.148. The molecule has 1 aromatic carbocycles. The van der Waals surface area contributed by atoms with E-state index in [0.29, 0.717) is 30.9 Å². The molecule has 1 atom stereocenters. The van der Waals surface area contributed by atoms with Gasteiger partial charge in [0.2, 0.25) is 5.91 Å². The molecule has 2 aromatic rings. The van der Waals surface area contributed by atoms with Crippen molar-refractivity contribution in [2.24, 2.45) is 11.8 Å². The second-order valence-electron chi connectivity index (χ2n) is 8.14. The SMILES string of the molecule is CC(C)CC(NC(=O)c1cc(-c2ccccc2)n[nH]1)C(=O)N1CCC(CO)CC1. The lowest BCUT2D eigenvalue weighted by Gasteiger charge is -2.34. The lowest BCUT2D eigenvalue weighted by Crippen LogP contribution is -2.51. The molecule has 1 aliphatic rings. The fourth-order valence-corrected chi connectivity index (χ4v) is 3.68. The van der Waals surface area contributed by atoms with Gasteiger partial charge < -0.3 is 15.3 Å². The van der Waals surface area contributed by atoms with Crippen LogP contribution in [0.5, 0.6) is 0 Å². The Labute approximate surface area is 171 Å². The van der Waals surface area contributed by atoms with Gasteiger partial charge in [-0.15, -0.1) is 0 Å². The van der Waals surface area contributed by atoms with Crippen molar-refractivity contribution in [3.63, 3.8) is 0 Å². The third kappa shape index (κ3) is 5.44. The standard InChI is InChI=1S/C22H30N4O3/c1-15(2)12-20(22(29)26-10-8-16(14-27)9-11-26)23-21(28)19-13-18(24-25-19)17-6-4-3-5-7-17/h3-7,13,15-16,20,27H,8-12,14H2,1-2H3,(H,23,28)(H,24,25). The number of aliphatic hydroxyl groups excluding tert-OH is 1. The second kappa shape index (κ2) is 9.69. The maximum Gasteiger partial charge on any atom is 0.269 e. The fraction of sp³-hybridized carbons (Fsp3) is 0.500. The molecule has 156 valence electrons. The summed E-state index contributed by atoms with van der Waals surface area (Å²) in [6, 6.07) is 10.8. The van der Waals surface area contributed by atoms with Gasteiger partial charge in [-0.05, 0) is 37.2 Å². The molecule has 3 N–H and O–H groups in total. The van der Waals surface area contributed by atoms with Crippen LogP contribution in [0.1, 0.15) is 43.6 Å². The largest absolute Gasteiger partial charge is 0.396 e. The Morgan fingerprint density at radius 1 is 1.24 bits per heavy atom. The van der Waals surface area contributed by atoms with Crippen LogP contribution in [0, 0.1) is 11.8 Å². The molecule has 0 aliphatic carbocycles. The van der Waals surface area contributed by atoms with Crippen LogP contribution in [-0.2, 0) is 4.79 Å². The van der Waals surface area contributed by atoms with E-state index in [0.717, 1.165) is 18.4 Å². The third-order valence-corrected chi connectivity index (χ3v) is 5.39. The summed E-state index contributed by atoms with van der Waals surface area (Å²) in [4.78, 5) is 27.6. The van der Waals surface area contributed by atoms with E-state index in [1.165, 1.54) is 0 Å². The number of hydrogen-bond acceptors (Lipinski definition) is 4. The minimum atomic E-state index is -0.573. The molecule has 2 amide bonds. The number of benzene rings is 1. The zero-order chi connectivity index (χ0) is 20.8. The van der Waals surface area contributed by atoms with Crippen molar-refractivity contribution in [1.82, 2.24) is 20.4 Å². The van der Waals surface area contributed by atoms with Gasteiger partial charge in [-0.1, -0.05) is 44.2 Å². The molecule has 1 unspecified atom stereocenters. The van der Waals surface area contributed by atoms with Crippen molar-refractivity contribution < 1.29 is 14.7 Å². The smallest absolute Gasteiger partial charge is 0.269 e. The van der Waals surface area contributed by atoms with Gasteiger partial charge in [-0.25, -0.2) is 0 Å². The van der Waals surface area contributed by atoms with E-state index in [1.807, 2.05) is 49.1 Å². The first-order valence-corrected chi connectivity index (χ1v) is 10.3. The first-order chi connectivity index (χ1) is 14.0.